The zero-order valence-corrected chi connectivity index (χ0v) is 8.79. The van der Waals surface area contributed by atoms with Gasteiger partial charge in [0.25, 0.3) is 0 Å². The highest BCUT2D eigenvalue weighted by molar-refractivity contribution is 7.09. The van der Waals surface area contributed by atoms with E-state index in [1.165, 1.54) is 0 Å². The first-order chi connectivity index (χ1) is 7.05. The van der Waals surface area contributed by atoms with Crippen molar-refractivity contribution in [1.29, 1.82) is 0 Å². The van der Waals surface area contributed by atoms with Crippen molar-refractivity contribution < 1.29 is 13.2 Å². The molecule has 0 bridgehead atoms. The first-order valence-electron chi connectivity index (χ1n) is 4.78. The predicted molar refractivity (Wildman–Crippen MR) is 51.8 cm³/mol. The van der Waals surface area contributed by atoms with Crippen LogP contribution < -0.4 is 5.32 Å². The van der Waals surface area contributed by atoms with E-state index < -0.39 is 11.9 Å². The Bertz CT molecular complexity index is 328. The Morgan fingerprint density at radius 1 is 1.53 bits per heavy atom. The molecule has 1 atom stereocenters. The summed E-state index contributed by atoms with van der Waals surface area (Å²) in [5.41, 5.74) is -0.756. The quantitative estimate of drug-likeness (QED) is 0.852. The first-order valence-corrected chi connectivity index (χ1v) is 5.66. The standard InChI is InChI=1S/C9H11F3N2S/c10-9(11,12)7-5-15-8(14-7)3-6-1-2-13-4-6/h5-6,13H,1-4H2. The molecule has 0 radical (unpaired) electrons. The van der Waals surface area contributed by atoms with Crippen molar-refractivity contribution in [3.05, 3.63) is 16.1 Å². The maximum Gasteiger partial charge on any atom is 0.434 e. The Labute approximate surface area is 89.5 Å². The van der Waals surface area contributed by atoms with Crippen LogP contribution in [0.25, 0.3) is 0 Å². The zero-order valence-electron chi connectivity index (χ0n) is 7.97. The van der Waals surface area contributed by atoms with Gasteiger partial charge < -0.3 is 5.32 Å². The third kappa shape index (κ3) is 2.69. The molecule has 1 N–H and O–H groups in total. The Kier molecular flexibility index (Phi) is 2.97. The Balaban J connectivity index is 2.00. The highest BCUT2D eigenvalue weighted by Crippen LogP contribution is 2.30. The molecule has 2 nitrogen and oxygen atoms in total. The monoisotopic (exact) mass is 236 g/mol. The van der Waals surface area contributed by atoms with E-state index in [9.17, 15) is 13.2 Å². The van der Waals surface area contributed by atoms with Gasteiger partial charge in [-0.3, -0.25) is 0 Å². The molecule has 1 fully saturated rings. The fourth-order valence-electron chi connectivity index (χ4n) is 1.67. The number of nitrogens with zero attached hydrogens (tertiary/aromatic N) is 1. The summed E-state index contributed by atoms with van der Waals surface area (Å²) < 4.78 is 36.7. The SMILES string of the molecule is FC(F)(F)c1csc(CC2CCNC2)n1. The van der Waals surface area contributed by atoms with Crippen LogP contribution in [0.5, 0.6) is 0 Å². The van der Waals surface area contributed by atoms with Crippen molar-refractivity contribution >= 4 is 11.3 Å². The summed E-state index contributed by atoms with van der Waals surface area (Å²) in [7, 11) is 0. The summed E-state index contributed by atoms with van der Waals surface area (Å²) in [6.07, 6.45) is -2.61. The molecule has 1 saturated heterocycles. The summed E-state index contributed by atoms with van der Waals surface area (Å²) in [5, 5.41) is 4.87. The van der Waals surface area contributed by atoms with Crippen molar-refractivity contribution in [3.8, 4) is 0 Å². The average Bonchev–Trinajstić information content (AvgIpc) is 2.73. The van der Waals surface area contributed by atoms with Gasteiger partial charge in [-0.2, -0.15) is 13.2 Å². The summed E-state index contributed by atoms with van der Waals surface area (Å²) >= 11 is 1.10. The fraction of sp³-hybridized carbons (Fsp3) is 0.667. The van der Waals surface area contributed by atoms with Crippen LogP contribution in [0.3, 0.4) is 0 Å². The minimum absolute atomic E-state index is 0.442. The van der Waals surface area contributed by atoms with E-state index in [4.69, 9.17) is 0 Å². The molecule has 1 aromatic heterocycles. The molecule has 1 aromatic rings. The molecule has 0 aliphatic carbocycles. The second-order valence-electron chi connectivity index (χ2n) is 3.69. The van der Waals surface area contributed by atoms with E-state index in [1.807, 2.05) is 0 Å². The van der Waals surface area contributed by atoms with Crippen LogP contribution in [0.4, 0.5) is 13.2 Å². The molecule has 1 aliphatic rings. The molecule has 1 aliphatic heterocycles. The van der Waals surface area contributed by atoms with Gasteiger partial charge in [-0.25, -0.2) is 4.98 Å². The van der Waals surface area contributed by atoms with Gasteiger partial charge in [0, 0.05) is 11.8 Å². The van der Waals surface area contributed by atoms with E-state index in [-0.39, 0.29) is 0 Å². The number of nitrogens with one attached hydrogen (secondary N) is 1. The van der Waals surface area contributed by atoms with Crippen LogP contribution in [-0.4, -0.2) is 18.1 Å². The molecular formula is C9H11F3N2S. The van der Waals surface area contributed by atoms with Crippen LogP contribution in [0.2, 0.25) is 0 Å². The molecular weight excluding hydrogens is 225 g/mol. The highest BCUT2D eigenvalue weighted by Gasteiger charge is 2.33. The van der Waals surface area contributed by atoms with Crippen LogP contribution >= 0.6 is 11.3 Å². The fourth-order valence-corrected chi connectivity index (χ4v) is 2.59. The van der Waals surface area contributed by atoms with E-state index in [2.05, 4.69) is 10.3 Å². The molecule has 0 spiro atoms. The second kappa shape index (κ2) is 4.09. The van der Waals surface area contributed by atoms with Gasteiger partial charge in [-0.1, -0.05) is 0 Å². The summed E-state index contributed by atoms with van der Waals surface area (Å²) in [4.78, 5) is 3.61. The summed E-state index contributed by atoms with van der Waals surface area (Å²) in [6, 6.07) is 0. The number of halogens is 3. The van der Waals surface area contributed by atoms with Gasteiger partial charge in [0.1, 0.15) is 0 Å². The Hall–Kier alpha value is -0.620. The molecule has 15 heavy (non-hydrogen) atoms. The van der Waals surface area contributed by atoms with E-state index in [0.29, 0.717) is 17.3 Å². The average molecular weight is 236 g/mol. The number of thiazole rings is 1. The largest absolute Gasteiger partial charge is 0.434 e. The number of hydrogen-bond donors (Lipinski definition) is 1. The van der Waals surface area contributed by atoms with Gasteiger partial charge in [0.2, 0.25) is 0 Å². The lowest BCUT2D eigenvalue weighted by atomic mass is 10.1. The van der Waals surface area contributed by atoms with Crippen molar-refractivity contribution in [1.82, 2.24) is 10.3 Å². The van der Waals surface area contributed by atoms with Crippen LogP contribution in [0.1, 0.15) is 17.1 Å². The Morgan fingerprint density at radius 2 is 2.33 bits per heavy atom. The summed E-state index contributed by atoms with van der Waals surface area (Å²) in [6.45, 7) is 1.85. The lowest BCUT2D eigenvalue weighted by Gasteiger charge is -2.04. The molecule has 84 valence electrons. The Morgan fingerprint density at radius 3 is 2.87 bits per heavy atom. The van der Waals surface area contributed by atoms with Gasteiger partial charge in [0.05, 0.1) is 5.01 Å². The topological polar surface area (TPSA) is 24.9 Å². The molecule has 1 unspecified atom stereocenters. The number of alkyl halides is 3. The van der Waals surface area contributed by atoms with E-state index in [1.54, 1.807) is 0 Å². The first kappa shape index (κ1) is 10.9. The minimum Gasteiger partial charge on any atom is -0.316 e. The third-order valence-electron chi connectivity index (χ3n) is 2.47. The van der Waals surface area contributed by atoms with Crippen molar-refractivity contribution in [2.24, 2.45) is 5.92 Å². The normalized spacial score (nSPS) is 22.2. The molecule has 2 heterocycles. The van der Waals surface area contributed by atoms with Gasteiger partial charge >= 0.3 is 6.18 Å². The molecule has 2 rings (SSSR count). The van der Waals surface area contributed by atoms with Crippen LogP contribution in [0.15, 0.2) is 5.38 Å². The van der Waals surface area contributed by atoms with E-state index in [0.717, 1.165) is 36.2 Å². The van der Waals surface area contributed by atoms with Gasteiger partial charge in [0.15, 0.2) is 5.69 Å². The minimum atomic E-state index is -4.30. The maximum absolute atomic E-state index is 12.2. The van der Waals surface area contributed by atoms with Crippen molar-refractivity contribution in [2.45, 2.75) is 19.0 Å². The van der Waals surface area contributed by atoms with Gasteiger partial charge in [-0.05, 0) is 25.4 Å². The lowest BCUT2D eigenvalue weighted by molar-refractivity contribution is -0.140. The third-order valence-corrected chi connectivity index (χ3v) is 3.34. The van der Waals surface area contributed by atoms with Crippen molar-refractivity contribution in [3.63, 3.8) is 0 Å². The highest BCUT2D eigenvalue weighted by atomic mass is 32.1. The van der Waals surface area contributed by atoms with Crippen LogP contribution in [0, 0.1) is 5.92 Å². The maximum atomic E-state index is 12.2. The lowest BCUT2D eigenvalue weighted by Crippen LogP contribution is -2.11. The van der Waals surface area contributed by atoms with Crippen LogP contribution in [-0.2, 0) is 12.6 Å². The number of aromatic nitrogens is 1. The molecule has 0 aromatic carbocycles. The predicted octanol–water partition coefficient (Wildman–Crippen LogP) is 2.31. The van der Waals surface area contributed by atoms with Crippen molar-refractivity contribution in [2.75, 3.05) is 13.1 Å². The molecule has 0 amide bonds. The molecule has 6 heteroatoms. The number of hydrogen-bond acceptors (Lipinski definition) is 3. The summed E-state index contributed by atoms with van der Waals surface area (Å²) in [5.74, 6) is 0.442. The second-order valence-corrected chi connectivity index (χ2v) is 4.63. The molecule has 0 saturated carbocycles. The number of rotatable bonds is 2. The smallest absolute Gasteiger partial charge is 0.316 e. The zero-order chi connectivity index (χ0) is 10.9. The van der Waals surface area contributed by atoms with E-state index >= 15 is 0 Å². The van der Waals surface area contributed by atoms with Gasteiger partial charge in [-0.15, -0.1) is 11.3 Å².